The van der Waals surface area contributed by atoms with E-state index in [4.69, 9.17) is 14.2 Å². The van der Waals surface area contributed by atoms with Crippen molar-refractivity contribution in [3.63, 3.8) is 0 Å². The van der Waals surface area contributed by atoms with Crippen LogP contribution in [0.5, 0.6) is 11.6 Å². The van der Waals surface area contributed by atoms with Crippen LogP contribution in [0.15, 0.2) is 97.5 Å². The van der Waals surface area contributed by atoms with Crippen molar-refractivity contribution in [1.29, 1.82) is 0 Å². The normalized spacial score (nSPS) is 21.9. The Morgan fingerprint density at radius 3 is 2.29 bits per heavy atom. The maximum Gasteiger partial charge on any atom is 0.262 e. The van der Waals surface area contributed by atoms with Gasteiger partial charge in [-0.2, -0.15) is 0 Å². The number of aryl methyl sites for hydroxylation is 1. The molecule has 1 aliphatic carbocycles. The van der Waals surface area contributed by atoms with Gasteiger partial charge in [0, 0.05) is 103 Å². The number of nitrogens with zero attached hydrogens (tertiary/aromatic N) is 6. The van der Waals surface area contributed by atoms with Gasteiger partial charge in [-0.1, -0.05) is 18.2 Å². The molecule has 0 spiro atoms. The lowest BCUT2D eigenvalue weighted by molar-refractivity contribution is -0.136. The number of carbonyl (C=O) groups is 4. The number of piperidine rings is 2. The molecule has 3 aromatic heterocycles. The topological polar surface area (TPSA) is 148 Å². The number of ether oxygens (including phenoxy) is 3. The Bertz CT molecular complexity index is 2770. The van der Waals surface area contributed by atoms with Gasteiger partial charge in [-0.05, 0) is 73.4 Å². The van der Waals surface area contributed by atoms with Gasteiger partial charge in [0.25, 0.3) is 11.8 Å². The molecule has 0 radical (unpaired) electrons. The van der Waals surface area contributed by atoms with Gasteiger partial charge >= 0.3 is 0 Å². The highest BCUT2D eigenvalue weighted by atomic mass is 16.5. The molecule has 0 bridgehead atoms. The van der Waals surface area contributed by atoms with E-state index in [1.54, 1.807) is 12.1 Å². The fourth-order valence-electron chi connectivity index (χ4n) is 9.60. The Hall–Kier alpha value is -6.80. The summed E-state index contributed by atoms with van der Waals surface area (Å²) in [4.78, 5) is 64.9. The molecule has 4 amide bonds. The van der Waals surface area contributed by atoms with Gasteiger partial charge in [0.2, 0.25) is 17.7 Å². The van der Waals surface area contributed by atoms with Gasteiger partial charge in [-0.3, -0.25) is 34.4 Å². The first-order chi connectivity index (χ1) is 30.2. The highest BCUT2D eigenvalue weighted by molar-refractivity contribution is 6.23. The van der Waals surface area contributed by atoms with Crippen LogP contribution < -0.4 is 24.6 Å². The van der Waals surface area contributed by atoms with Gasteiger partial charge in [-0.25, -0.2) is 4.98 Å². The van der Waals surface area contributed by atoms with E-state index >= 15 is 0 Å². The molecule has 314 valence electrons. The van der Waals surface area contributed by atoms with Gasteiger partial charge in [-0.15, -0.1) is 0 Å². The number of amides is 4. The summed E-state index contributed by atoms with van der Waals surface area (Å²) in [7, 11) is 2.09. The lowest BCUT2D eigenvalue weighted by atomic mass is 9.91. The minimum absolute atomic E-state index is 0.0320. The highest BCUT2D eigenvalue weighted by Gasteiger charge is 2.45. The summed E-state index contributed by atoms with van der Waals surface area (Å²) >= 11 is 0. The summed E-state index contributed by atoms with van der Waals surface area (Å²) < 4.78 is 21.3. The van der Waals surface area contributed by atoms with E-state index in [2.05, 4.69) is 73.1 Å². The molecule has 62 heavy (non-hydrogen) atoms. The van der Waals surface area contributed by atoms with Crippen molar-refractivity contribution in [3.8, 4) is 22.8 Å². The molecule has 4 fully saturated rings. The van der Waals surface area contributed by atoms with Gasteiger partial charge in [0.05, 0.1) is 41.9 Å². The number of nitrogens with one attached hydrogen (secondary N) is 1. The summed E-state index contributed by atoms with van der Waals surface area (Å²) in [5.74, 6) is -0.581. The van der Waals surface area contributed by atoms with Crippen LogP contribution in [0.25, 0.3) is 32.9 Å². The molecule has 1 N–H and O–H groups in total. The first kappa shape index (κ1) is 38.1. The van der Waals surface area contributed by atoms with Crippen molar-refractivity contribution in [2.75, 3.05) is 36.0 Å². The average Bonchev–Trinajstić information content (AvgIpc) is 3.69. The van der Waals surface area contributed by atoms with Crippen LogP contribution in [0.1, 0.15) is 59.2 Å². The molecule has 4 aliphatic heterocycles. The second-order valence-corrected chi connectivity index (χ2v) is 17.0. The largest absolute Gasteiger partial charge is 0.487 e. The number of imide groups is 2. The quantitative estimate of drug-likeness (QED) is 0.161. The number of fused-ring (bicyclic) bond motifs is 4. The Morgan fingerprint density at radius 1 is 0.677 bits per heavy atom. The Kier molecular flexibility index (Phi) is 9.40. The Labute approximate surface area is 357 Å². The zero-order chi connectivity index (χ0) is 42.1. The number of anilines is 2. The van der Waals surface area contributed by atoms with E-state index in [1.165, 1.54) is 5.39 Å². The summed E-state index contributed by atoms with van der Waals surface area (Å²) in [6, 6.07) is 25.0. The molecular formula is C48H45N7O7. The van der Waals surface area contributed by atoms with Crippen molar-refractivity contribution in [1.82, 2.24) is 24.8 Å². The van der Waals surface area contributed by atoms with Gasteiger partial charge in [0.1, 0.15) is 24.0 Å². The number of hydrogen-bond donors (Lipinski definition) is 1. The van der Waals surface area contributed by atoms with Crippen molar-refractivity contribution < 1.29 is 33.4 Å². The first-order valence-electron chi connectivity index (χ1n) is 21.5. The number of hydrogen-bond acceptors (Lipinski definition) is 11. The van der Waals surface area contributed by atoms with Gasteiger partial charge in [0.15, 0.2) is 0 Å². The molecular weight excluding hydrogens is 787 g/mol. The number of carbonyl (C=O) groups excluding carboxylic acids is 4. The van der Waals surface area contributed by atoms with Crippen LogP contribution >= 0.6 is 0 Å². The molecule has 5 aliphatic rings. The summed E-state index contributed by atoms with van der Waals surface area (Å²) in [6.07, 6.45) is 9.98. The van der Waals surface area contributed by atoms with Crippen LogP contribution in [0.3, 0.4) is 0 Å². The molecule has 14 nitrogen and oxygen atoms in total. The predicted octanol–water partition coefficient (Wildman–Crippen LogP) is 6.05. The number of rotatable bonds is 10. The Morgan fingerprint density at radius 2 is 1.48 bits per heavy atom. The minimum atomic E-state index is -0.985. The van der Waals surface area contributed by atoms with Crippen molar-refractivity contribution in [3.05, 3.63) is 109 Å². The molecule has 1 saturated carbocycles. The molecule has 1 unspecified atom stereocenters. The number of pyridine rings is 2. The fourth-order valence-corrected chi connectivity index (χ4v) is 9.60. The smallest absolute Gasteiger partial charge is 0.262 e. The maximum atomic E-state index is 13.3. The molecule has 11 rings (SSSR count). The molecule has 3 aromatic carbocycles. The lowest BCUT2D eigenvalue weighted by Crippen LogP contribution is -2.54. The van der Waals surface area contributed by atoms with Crippen molar-refractivity contribution >= 4 is 56.8 Å². The van der Waals surface area contributed by atoms with Crippen LogP contribution in [-0.4, -0.2) is 99.7 Å². The van der Waals surface area contributed by atoms with Crippen LogP contribution in [0.2, 0.25) is 0 Å². The Balaban J connectivity index is 0.623. The van der Waals surface area contributed by atoms with E-state index in [0.29, 0.717) is 19.0 Å². The van der Waals surface area contributed by atoms with E-state index in [0.717, 1.165) is 88.3 Å². The lowest BCUT2D eigenvalue weighted by Gasteiger charge is -2.41. The average molecular weight is 832 g/mol. The van der Waals surface area contributed by atoms with E-state index in [1.807, 2.05) is 48.9 Å². The molecule has 6 aromatic rings. The maximum absolute atomic E-state index is 13.3. The third kappa shape index (κ3) is 6.88. The van der Waals surface area contributed by atoms with Crippen molar-refractivity contribution in [2.45, 2.75) is 69.0 Å². The minimum Gasteiger partial charge on any atom is -0.487 e. The van der Waals surface area contributed by atoms with Crippen LogP contribution in [-0.2, 0) is 21.4 Å². The van der Waals surface area contributed by atoms with Crippen molar-refractivity contribution in [2.24, 2.45) is 7.05 Å². The van der Waals surface area contributed by atoms with E-state index < -0.39 is 29.7 Å². The highest BCUT2D eigenvalue weighted by Crippen LogP contribution is 2.36. The predicted molar refractivity (Wildman–Crippen MR) is 231 cm³/mol. The van der Waals surface area contributed by atoms with Crippen LogP contribution in [0, 0.1) is 0 Å². The zero-order valence-electron chi connectivity index (χ0n) is 34.2. The summed E-state index contributed by atoms with van der Waals surface area (Å²) in [6.45, 7) is 3.06. The second kappa shape index (κ2) is 15.3. The monoisotopic (exact) mass is 831 g/mol. The third-order valence-electron chi connectivity index (χ3n) is 13.2. The zero-order valence-corrected chi connectivity index (χ0v) is 34.2. The number of aromatic nitrogens is 3. The molecule has 7 heterocycles. The molecule has 14 heteroatoms. The molecule has 3 saturated heterocycles. The molecule has 1 atom stereocenters. The second-order valence-electron chi connectivity index (χ2n) is 17.0. The number of benzene rings is 3. The fraction of sp³-hybridized carbons (Fsp3) is 0.333. The standard InChI is InChI=1S/C48H45N7O7/c1-52-41-13-16-49-25-40(41)37-8-5-28(19-43(37)52)29-6-12-45(50-24-29)62-35-22-34(23-35)60-32-14-17-53(18-15-32)30-3-2-4-33(20-30)61-36-26-54(27-36)31-7-9-38-39(21-31)48(59)55(47(38)58)42-10-11-44(56)51-46(42)57/h2-9,12-13,16,19-21,24-25,32,34-36,42H,10-11,14-15,17-18,22-23,26-27H2,1H3,(H,51,56,57)/t34-,35-,42?. The summed E-state index contributed by atoms with van der Waals surface area (Å²) in [5, 5.41) is 4.58. The summed E-state index contributed by atoms with van der Waals surface area (Å²) in [5.41, 5.74) is 6.97. The van der Waals surface area contributed by atoms with Gasteiger partial charge < -0.3 is 28.6 Å². The first-order valence-corrected chi connectivity index (χ1v) is 21.5. The van der Waals surface area contributed by atoms with E-state index in [9.17, 15) is 19.2 Å². The SMILES string of the molecule is Cn1c2ccncc2c2ccc(-c3ccc(O[C@H]4C[C@H](OC5CCN(c6cccc(OC7CN(c8ccc9c(c8)C(=O)N(C8CCC(=O)NC8=O)C9=O)C7)c6)CC5)C4)nc3)cc21. The van der Waals surface area contributed by atoms with E-state index in [-0.39, 0.29) is 48.4 Å². The van der Waals surface area contributed by atoms with Crippen LogP contribution in [0.4, 0.5) is 11.4 Å². The third-order valence-corrected chi connectivity index (χ3v) is 13.2.